The monoisotopic (exact) mass is 481 g/mol. The highest BCUT2D eigenvalue weighted by Gasteiger charge is 2.37. The average Bonchev–Trinajstić information content (AvgIpc) is 3.11. The third-order valence-electron chi connectivity index (χ3n) is 5.42. The minimum absolute atomic E-state index is 0.0949. The van der Waals surface area contributed by atoms with E-state index in [1.54, 1.807) is 72.3 Å². The Morgan fingerprint density at radius 1 is 1.06 bits per heavy atom. The quantitative estimate of drug-likeness (QED) is 0.483. The van der Waals surface area contributed by atoms with Crippen LogP contribution in [0.3, 0.4) is 0 Å². The number of carbonyl (C=O) groups is 1. The number of aromatic nitrogens is 1. The predicted molar refractivity (Wildman–Crippen MR) is 128 cm³/mol. The summed E-state index contributed by atoms with van der Waals surface area (Å²) in [6.45, 7) is -0.180. The first-order valence-electron chi connectivity index (χ1n) is 10.1. The maximum absolute atomic E-state index is 13.4. The summed E-state index contributed by atoms with van der Waals surface area (Å²) in [6.07, 6.45) is -1.07. The highest BCUT2D eigenvalue weighted by atomic mass is 32.2. The van der Waals surface area contributed by atoms with Gasteiger partial charge in [-0.2, -0.15) is 0 Å². The third kappa shape index (κ3) is 3.77. The SMILES string of the molecule is Cn1c(=O)sc2cc(NC(=O)[C@H]3CN(S(=O)(=O)c4ccccc4)c4ccccc4O3)ccc21. The van der Waals surface area contributed by atoms with Gasteiger partial charge in [0.1, 0.15) is 5.75 Å². The highest BCUT2D eigenvalue weighted by molar-refractivity contribution is 7.92. The number of hydrogen-bond donors (Lipinski definition) is 1. The number of nitrogens with zero attached hydrogens (tertiary/aromatic N) is 2. The topological polar surface area (TPSA) is 97.7 Å². The van der Waals surface area contributed by atoms with Gasteiger partial charge in [0.25, 0.3) is 15.9 Å². The number of amides is 1. The van der Waals surface area contributed by atoms with Crippen molar-refractivity contribution in [1.29, 1.82) is 0 Å². The number of anilines is 2. The van der Waals surface area contributed by atoms with Crippen LogP contribution in [0.25, 0.3) is 10.2 Å². The number of hydrogen-bond acceptors (Lipinski definition) is 6. The van der Waals surface area contributed by atoms with E-state index in [1.807, 2.05) is 0 Å². The molecule has 0 saturated carbocycles. The van der Waals surface area contributed by atoms with Crippen molar-refractivity contribution >= 4 is 48.9 Å². The first-order valence-corrected chi connectivity index (χ1v) is 12.3. The molecule has 33 heavy (non-hydrogen) atoms. The van der Waals surface area contributed by atoms with Crippen molar-refractivity contribution in [2.75, 3.05) is 16.2 Å². The molecule has 0 saturated heterocycles. The number of nitrogens with one attached hydrogen (secondary N) is 1. The van der Waals surface area contributed by atoms with Gasteiger partial charge in [0.15, 0.2) is 6.10 Å². The molecular weight excluding hydrogens is 462 g/mol. The van der Waals surface area contributed by atoms with E-state index in [4.69, 9.17) is 4.74 Å². The van der Waals surface area contributed by atoms with Crippen LogP contribution >= 0.6 is 11.3 Å². The van der Waals surface area contributed by atoms with Gasteiger partial charge in [-0.25, -0.2) is 8.42 Å². The Bertz CT molecular complexity index is 1530. The number of para-hydroxylation sites is 2. The van der Waals surface area contributed by atoms with Gasteiger partial charge in [0, 0.05) is 12.7 Å². The van der Waals surface area contributed by atoms with Gasteiger partial charge in [-0.1, -0.05) is 41.7 Å². The van der Waals surface area contributed by atoms with Crippen molar-refractivity contribution in [3.05, 3.63) is 82.5 Å². The summed E-state index contributed by atoms with van der Waals surface area (Å²) in [5.41, 5.74) is 1.64. The molecule has 1 N–H and O–H groups in total. The van der Waals surface area contributed by atoms with Crippen LogP contribution in [0.2, 0.25) is 0 Å². The molecule has 10 heteroatoms. The van der Waals surface area contributed by atoms with Crippen molar-refractivity contribution < 1.29 is 17.9 Å². The molecule has 0 bridgehead atoms. The standard InChI is InChI=1S/C23H19N3O5S2/c1-25-18-12-11-15(13-21(18)32-23(25)28)24-22(27)20-14-26(17-9-5-6-10-19(17)31-20)33(29,30)16-7-3-2-4-8-16/h2-13,20H,14H2,1H3,(H,24,27)/t20-/m1/s1. The molecule has 0 aliphatic carbocycles. The summed E-state index contributed by atoms with van der Waals surface area (Å²) in [4.78, 5) is 25.0. The van der Waals surface area contributed by atoms with E-state index in [0.29, 0.717) is 17.1 Å². The van der Waals surface area contributed by atoms with Crippen LogP contribution in [0, 0.1) is 0 Å². The Labute approximate surface area is 193 Å². The molecule has 1 atom stereocenters. The van der Waals surface area contributed by atoms with Crippen molar-refractivity contribution in [3.8, 4) is 5.75 Å². The number of benzene rings is 3. The van der Waals surface area contributed by atoms with Crippen molar-refractivity contribution in [1.82, 2.24) is 4.57 Å². The molecule has 168 valence electrons. The number of rotatable bonds is 4. The summed E-state index contributed by atoms with van der Waals surface area (Å²) in [6, 6.07) is 20.0. The van der Waals surface area contributed by atoms with Crippen LogP contribution in [0.1, 0.15) is 0 Å². The molecule has 0 unspecified atom stereocenters. The van der Waals surface area contributed by atoms with Crippen molar-refractivity contribution in [2.45, 2.75) is 11.0 Å². The molecule has 1 amide bonds. The molecule has 0 radical (unpaired) electrons. The van der Waals surface area contributed by atoms with E-state index < -0.39 is 22.0 Å². The molecule has 0 spiro atoms. The van der Waals surface area contributed by atoms with Crippen LogP contribution in [0.5, 0.6) is 5.75 Å². The maximum Gasteiger partial charge on any atom is 0.307 e. The Kier molecular flexibility index (Phi) is 5.18. The predicted octanol–water partition coefficient (Wildman–Crippen LogP) is 3.20. The Morgan fingerprint density at radius 3 is 2.58 bits per heavy atom. The second-order valence-electron chi connectivity index (χ2n) is 7.52. The van der Waals surface area contributed by atoms with E-state index in [9.17, 15) is 18.0 Å². The second kappa shape index (κ2) is 8.05. The zero-order valence-corrected chi connectivity index (χ0v) is 19.1. The Balaban J connectivity index is 1.46. The van der Waals surface area contributed by atoms with Crippen LogP contribution in [-0.2, 0) is 21.9 Å². The van der Waals surface area contributed by atoms with Gasteiger partial charge in [0.2, 0.25) is 0 Å². The zero-order valence-electron chi connectivity index (χ0n) is 17.5. The number of fused-ring (bicyclic) bond motifs is 2. The average molecular weight is 482 g/mol. The van der Waals surface area contributed by atoms with Gasteiger partial charge < -0.3 is 14.6 Å². The summed E-state index contributed by atoms with van der Waals surface area (Å²) < 4.78 is 36.1. The lowest BCUT2D eigenvalue weighted by Crippen LogP contribution is -2.48. The number of carbonyl (C=O) groups excluding carboxylic acids is 1. The van der Waals surface area contributed by atoms with Gasteiger partial charge in [0.05, 0.1) is 27.3 Å². The fourth-order valence-corrected chi connectivity index (χ4v) is 6.14. The molecule has 1 aliphatic heterocycles. The Hall–Kier alpha value is -3.63. The molecule has 1 aliphatic rings. The first-order chi connectivity index (χ1) is 15.8. The van der Waals surface area contributed by atoms with Crippen LogP contribution in [-0.4, -0.2) is 31.5 Å². The first kappa shape index (κ1) is 21.2. The van der Waals surface area contributed by atoms with Gasteiger partial charge in [-0.05, 0) is 42.5 Å². The van der Waals surface area contributed by atoms with E-state index in [0.717, 1.165) is 21.6 Å². The van der Waals surface area contributed by atoms with Gasteiger partial charge >= 0.3 is 4.87 Å². The molecule has 1 aromatic heterocycles. The lowest BCUT2D eigenvalue weighted by molar-refractivity contribution is -0.122. The number of sulfonamides is 1. The molecule has 4 aromatic rings. The number of aryl methyl sites for hydroxylation is 1. The fourth-order valence-electron chi connectivity index (χ4n) is 3.72. The lowest BCUT2D eigenvalue weighted by atomic mass is 10.2. The summed E-state index contributed by atoms with van der Waals surface area (Å²) >= 11 is 1.08. The van der Waals surface area contributed by atoms with E-state index >= 15 is 0 Å². The number of ether oxygens (including phenoxy) is 1. The number of thiazole rings is 1. The maximum atomic E-state index is 13.4. The lowest BCUT2D eigenvalue weighted by Gasteiger charge is -2.34. The fraction of sp³-hybridized carbons (Fsp3) is 0.130. The van der Waals surface area contributed by atoms with Crippen molar-refractivity contribution in [3.63, 3.8) is 0 Å². The largest absolute Gasteiger partial charge is 0.476 e. The molecule has 3 aromatic carbocycles. The van der Waals surface area contributed by atoms with Gasteiger partial charge in [-0.3, -0.25) is 13.9 Å². The third-order valence-corrected chi connectivity index (χ3v) is 8.21. The van der Waals surface area contributed by atoms with E-state index in [2.05, 4.69) is 5.32 Å². The molecule has 8 nitrogen and oxygen atoms in total. The minimum Gasteiger partial charge on any atom is -0.476 e. The van der Waals surface area contributed by atoms with Crippen LogP contribution in [0.4, 0.5) is 11.4 Å². The van der Waals surface area contributed by atoms with Gasteiger partial charge in [-0.15, -0.1) is 0 Å². The van der Waals surface area contributed by atoms with Crippen LogP contribution < -0.4 is 19.2 Å². The molecule has 2 heterocycles. The summed E-state index contributed by atoms with van der Waals surface area (Å²) in [5.74, 6) is -0.180. The van der Waals surface area contributed by atoms with Crippen LogP contribution in [0.15, 0.2) is 82.5 Å². The highest BCUT2D eigenvalue weighted by Crippen LogP contribution is 2.37. The minimum atomic E-state index is -3.91. The molecule has 5 rings (SSSR count). The smallest absolute Gasteiger partial charge is 0.307 e. The molecular formula is C23H19N3O5S2. The van der Waals surface area contributed by atoms with Crippen molar-refractivity contribution in [2.24, 2.45) is 7.05 Å². The second-order valence-corrected chi connectivity index (χ2v) is 10.4. The summed E-state index contributed by atoms with van der Waals surface area (Å²) in [7, 11) is -2.22. The Morgan fingerprint density at radius 2 is 1.79 bits per heavy atom. The van der Waals surface area contributed by atoms with E-state index in [1.165, 1.54) is 16.4 Å². The summed E-state index contributed by atoms with van der Waals surface area (Å²) in [5, 5.41) is 2.79. The normalized spacial score (nSPS) is 15.7. The molecule has 0 fully saturated rings. The van der Waals surface area contributed by atoms with E-state index in [-0.39, 0.29) is 16.3 Å². The zero-order chi connectivity index (χ0) is 23.2.